The van der Waals surface area contributed by atoms with Crippen LogP contribution in [0.3, 0.4) is 0 Å². The number of carbonyl (C=O) groups excluding carboxylic acids is 1. The zero-order valence-electron chi connectivity index (χ0n) is 13.2. The monoisotopic (exact) mass is 319 g/mol. The normalized spacial score (nSPS) is 10.2. The van der Waals surface area contributed by atoms with Crippen LogP contribution < -0.4 is 10.1 Å². The zero-order valence-corrected chi connectivity index (χ0v) is 13.2. The molecule has 0 aliphatic rings. The van der Waals surface area contributed by atoms with Crippen molar-refractivity contribution in [1.82, 2.24) is 0 Å². The number of hydrogen-bond donors (Lipinski definition) is 2. The van der Waals surface area contributed by atoms with E-state index in [1.807, 2.05) is 36.4 Å². The van der Waals surface area contributed by atoms with Crippen LogP contribution in [0.5, 0.6) is 11.5 Å². The van der Waals surface area contributed by atoms with E-state index in [-0.39, 0.29) is 11.5 Å². The average Bonchev–Trinajstić information content (AvgIpc) is 2.64. The Balaban J connectivity index is 1.94. The van der Waals surface area contributed by atoms with Gasteiger partial charge in [0.05, 0.1) is 7.11 Å². The van der Waals surface area contributed by atoms with Crippen LogP contribution in [0.25, 0.3) is 0 Å². The Hall–Kier alpha value is -3.27. The number of carbonyl (C=O) groups is 1. The van der Waals surface area contributed by atoms with Gasteiger partial charge in [0, 0.05) is 28.6 Å². The van der Waals surface area contributed by atoms with Crippen molar-refractivity contribution in [2.75, 3.05) is 12.4 Å². The van der Waals surface area contributed by atoms with Crippen molar-refractivity contribution in [3.63, 3.8) is 0 Å². The molecule has 0 aromatic heterocycles. The SMILES string of the molecule is COc1cc(Nc2ccccc2C(=O)c2ccccc2)ccc1O. The third kappa shape index (κ3) is 3.22. The van der Waals surface area contributed by atoms with Crippen molar-refractivity contribution < 1.29 is 14.6 Å². The number of aromatic hydroxyl groups is 1. The molecule has 0 unspecified atom stereocenters. The number of rotatable bonds is 5. The summed E-state index contributed by atoms with van der Waals surface area (Å²) in [6.07, 6.45) is 0. The van der Waals surface area contributed by atoms with Crippen LogP contribution >= 0.6 is 0 Å². The number of phenolic OH excluding ortho intramolecular Hbond substituents is 1. The number of methoxy groups -OCH3 is 1. The first-order chi connectivity index (χ1) is 11.7. The summed E-state index contributed by atoms with van der Waals surface area (Å²) in [5, 5.41) is 12.9. The number of ether oxygens (including phenoxy) is 1. The lowest BCUT2D eigenvalue weighted by Gasteiger charge is -2.13. The summed E-state index contributed by atoms with van der Waals surface area (Å²) in [6.45, 7) is 0. The van der Waals surface area contributed by atoms with Crippen molar-refractivity contribution in [2.24, 2.45) is 0 Å². The molecule has 0 atom stereocenters. The van der Waals surface area contributed by atoms with E-state index in [1.54, 1.807) is 36.4 Å². The van der Waals surface area contributed by atoms with Gasteiger partial charge in [0.15, 0.2) is 17.3 Å². The topological polar surface area (TPSA) is 58.6 Å². The van der Waals surface area contributed by atoms with Gasteiger partial charge in [-0.1, -0.05) is 42.5 Å². The molecule has 120 valence electrons. The lowest BCUT2D eigenvalue weighted by atomic mass is 10.0. The Labute approximate surface area is 140 Å². The van der Waals surface area contributed by atoms with E-state index in [1.165, 1.54) is 7.11 Å². The molecule has 3 aromatic carbocycles. The lowest BCUT2D eigenvalue weighted by Crippen LogP contribution is -2.05. The lowest BCUT2D eigenvalue weighted by molar-refractivity contribution is 0.103. The van der Waals surface area contributed by atoms with Crippen LogP contribution in [0.15, 0.2) is 72.8 Å². The molecule has 0 amide bonds. The second-order valence-electron chi connectivity index (χ2n) is 5.25. The number of phenols is 1. The van der Waals surface area contributed by atoms with E-state index in [2.05, 4.69) is 5.32 Å². The van der Waals surface area contributed by atoms with Crippen LogP contribution in [0.2, 0.25) is 0 Å². The maximum atomic E-state index is 12.7. The summed E-state index contributed by atoms with van der Waals surface area (Å²) in [7, 11) is 1.49. The van der Waals surface area contributed by atoms with Crippen LogP contribution in [0.1, 0.15) is 15.9 Å². The Morgan fingerprint density at radius 1 is 0.958 bits per heavy atom. The summed E-state index contributed by atoms with van der Waals surface area (Å²) in [6, 6.07) is 21.4. The fraction of sp³-hybridized carbons (Fsp3) is 0.0500. The summed E-state index contributed by atoms with van der Waals surface area (Å²) in [5.74, 6) is 0.382. The molecule has 0 spiro atoms. The minimum atomic E-state index is -0.0514. The molecule has 3 rings (SSSR count). The van der Waals surface area contributed by atoms with Gasteiger partial charge in [-0.2, -0.15) is 0 Å². The van der Waals surface area contributed by atoms with Crippen molar-refractivity contribution in [3.05, 3.63) is 83.9 Å². The molecule has 0 saturated heterocycles. The van der Waals surface area contributed by atoms with Crippen molar-refractivity contribution in [2.45, 2.75) is 0 Å². The van der Waals surface area contributed by atoms with E-state index in [0.717, 1.165) is 5.69 Å². The summed E-state index contributed by atoms with van der Waals surface area (Å²) in [4.78, 5) is 12.7. The molecule has 4 heteroatoms. The molecular formula is C20H17NO3. The first-order valence-corrected chi connectivity index (χ1v) is 7.52. The number of anilines is 2. The molecule has 0 radical (unpaired) electrons. The number of ketones is 1. The van der Waals surface area contributed by atoms with Gasteiger partial charge in [-0.05, 0) is 24.3 Å². The van der Waals surface area contributed by atoms with Gasteiger partial charge in [-0.15, -0.1) is 0 Å². The van der Waals surface area contributed by atoms with E-state index in [4.69, 9.17) is 4.74 Å². The molecule has 2 N–H and O–H groups in total. The van der Waals surface area contributed by atoms with Crippen LogP contribution in [0, 0.1) is 0 Å². The summed E-state index contributed by atoms with van der Waals surface area (Å²) >= 11 is 0. The van der Waals surface area contributed by atoms with E-state index in [0.29, 0.717) is 22.6 Å². The third-order valence-corrected chi connectivity index (χ3v) is 3.67. The molecule has 0 aliphatic heterocycles. The highest BCUT2D eigenvalue weighted by Gasteiger charge is 2.13. The summed E-state index contributed by atoms with van der Waals surface area (Å²) < 4.78 is 5.11. The van der Waals surface area contributed by atoms with E-state index >= 15 is 0 Å². The van der Waals surface area contributed by atoms with Gasteiger partial charge >= 0.3 is 0 Å². The molecule has 0 aliphatic carbocycles. The molecular weight excluding hydrogens is 302 g/mol. The fourth-order valence-electron chi connectivity index (χ4n) is 2.45. The number of para-hydroxylation sites is 1. The van der Waals surface area contributed by atoms with Crippen molar-refractivity contribution in [1.29, 1.82) is 0 Å². The zero-order chi connectivity index (χ0) is 16.9. The van der Waals surface area contributed by atoms with E-state index in [9.17, 15) is 9.90 Å². The highest BCUT2D eigenvalue weighted by Crippen LogP contribution is 2.31. The van der Waals surface area contributed by atoms with Crippen LogP contribution in [0.4, 0.5) is 11.4 Å². The number of benzene rings is 3. The molecule has 0 fully saturated rings. The summed E-state index contributed by atoms with van der Waals surface area (Å²) in [5.41, 5.74) is 2.63. The molecule has 0 saturated carbocycles. The highest BCUT2D eigenvalue weighted by atomic mass is 16.5. The molecule has 3 aromatic rings. The minimum Gasteiger partial charge on any atom is -0.504 e. The second-order valence-corrected chi connectivity index (χ2v) is 5.25. The maximum Gasteiger partial charge on any atom is 0.195 e. The second kappa shape index (κ2) is 6.87. The predicted molar refractivity (Wildman–Crippen MR) is 94.3 cm³/mol. The number of hydrogen-bond acceptors (Lipinski definition) is 4. The Morgan fingerprint density at radius 3 is 2.42 bits per heavy atom. The smallest absolute Gasteiger partial charge is 0.195 e. The minimum absolute atomic E-state index is 0.0514. The van der Waals surface area contributed by atoms with Crippen LogP contribution in [-0.4, -0.2) is 18.0 Å². The standard InChI is InChI=1S/C20H17NO3/c1-24-19-13-15(11-12-18(19)22)21-17-10-6-5-9-16(17)20(23)14-7-3-2-4-8-14/h2-13,21-22H,1H3. The first-order valence-electron chi connectivity index (χ1n) is 7.52. The van der Waals surface area contributed by atoms with Gasteiger partial charge in [-0.3, -0.25) is 4.79 Å². The Kier molecular flexibility index (Phi) is 4.47. The number of nitrogens with one attached hydrogen (secondary N) is 1. The van der Waals surface area contributed by atoms with Gasteiger partial charge in [0.25, 0.3) is 0 Å². The molecule has 0 bridgehead atoms. The Morgan fingerprint density at radius 2 is 1.67 bits per heavy atom. The van der Waals surface area contributed by atoms with Gasteiger partial charge in [-0.25, -0.2) is 0 Å². The third-order valence-electron chi connectivity index (χ3n) is 3.67. The van der Waals surface area contributed by atoms with E-state index < -0.39 is 0 Å². The largest absolute Gasteiger partial charge is 0.504 e. The molecule has 4 nitrogen and oxygen atoms in total. The predicted octanol–water partition coefficient (Wildman–Crippen LogP) is 4.38. The Bertz CT molecular complexity index is 860. The average molecular weight is 319 g/mol. The van der Waals surface area contributed by atoms with Gasteiger partial charge < -0.3 is 15.2 Å². The van der Waals surface area contributed by atoms with Gasteiger partial charge in [0.2, 0.25) is 0 Å². The first kappa shape index (κ1) is 15.6. The van der Waals surface area contributed by atoms with Crippen molar-refractivity contribution in [3.8, 4) is 11.5 Å². The quantitative estimate of drug-likeness (QED) is 0.541. The van der Waals surface area contributed by atoms with Crippen molar-refractivity contribution >= 4 is 17.2 Å². The van der Waals surface area contributed by atoms with Crippen LogP contribution in [-0.2, 0) is 0 Å². The highest BCUT2D eigenvalue weighted by molar-refractivity contribution is 6.12. The molecule has 24 heavy (non-hydrogen) atoms. The molecule has 0 heterocycles. The van der Waals surface area contributed by atoms with Gasteiger partial charge in [0.1, 0.15) is 0 Å². The fourth-order valence-corrected chi connectivity index (χ4v) is 2.45. The maximum absolute atomic E-state index is 12.7.